The molecule has 0 radical (unpaired) electrons. The van der Waals surface area contributed by atoms with Gasteiger partial charge < -0.3 is 9.47 Å². The van der Waals surface area contributed by atoms with Crippen molar-refractivity contribution in [1.82, 2.24) is 0 Å². The van der Waals surface area contributed by atoms with Crippen LogP contribution in [0, 0.1) is 17.1 Å². The van der Waals surface area contributed by atoms with Crippen molar-refractivity contribution in [2.24, 2.45) is 0 Å². The van der Waals surface area contributed by atoms with Crippen LogP contribution in [0.3, 0.4) is 0 Å². The summed E-state index contributed by atoms with van der Waals surface area (Å²) < 4.78 is 23.9. The molecule has 96 valence electrons. The van der Waals surface area contributed by atoms with Crippen molar-refractivity contribution in [1.29, 1.82) is 5.26 Å². The quantitative estimate of drug-likeness (QED) is 0.846. The predicted octanol–water partition coefficient (Wildman–Crippen LogP) is 3.38. The number of rotatable bonds is 3. The summed E-state index contributed by atoms with van der Waals surface area (Å²) in [6.07, 6.45) is 0. The average molecular weight is 257 g/mol. The van der Waals surface area contributed by atoms with Crippen molar-refractivity contribution >= 4 is 0 Å². The van der Waals surface area contributed by atoms with E-state index in [0.717, 1.165) is 0 Å². The van der Waals surface area contributed by atoms with Gasteiger partial charge in [-0.2, -0.15) is 5.26 Å². The molecule has 0 aromatic heterocycles. The maximum atomic E-state index is 13.6. The van der Waals surface area contributed by atoms with Gasteiger partial charge >= 0.3 is 0 Å². The second-order valence-electron chi connectivity index (χ2n) is 3.84. The Morgan fingerprint density at radius 1 is 1.05 bits per heavy atom. The first-order valence-electron chi connectivity index (χ1n) is 5.62. The van der Waals surface area contributed by atoms with Gasteiger partial charge in [0.1, 0.15) is 11.9 Å². The van der Waals surface area contributed by atoms with Crippen molar-refractivity contribution in [2.75, 3.05) is 14.2 Å². The maximum absolute atomic E-state index is 13.6. The van der Waals surface area contributed by atoms with Gasteiger partial charge in [0.25, 0.3) is 0 Å². The molecule has 0 spiro atoms. The van der Waals surface area contributed by atoms with Crippen molar-refractivity contribution in [3.05, 3.63) is 47.8 Å². The van der Waals surface area contributed by atoms with E-state index in [2.05, 4.69) is 0 Å². The minimum atomic E-state index is -0.533. The van der Waals surface area contributed by atoms with E-state index in [1.165, 1.54) is 13.2 Å². The van der Waals surface area contributed by atoms with E-state index in [1.54, 1.807) is 37.4 Å². The smallest absolute Gasteiger partial charge is 0.161 e. The van der Waals surface area contributed by atoms with Gasteiger partial charge in [0.05, 0.1) is 19.8 Å². The third-order valence-electron chi connectivity index (χ3n) is 2.82. The number of benzene rings is 2. The van der Waals surface area contributed by atoms with Gasteiger partial charge in [0.15, 0.2) is 11.5 Å². The van der Waals surface area contributed by atoms with Crippen molar-refractivity contribution in [2.45, 2.75) is 0 Å². The first-order valence-corrected chi connectivity index (χ1v) is 5.62. The number of halogens is 1. The molecule has 19 heavy (non-hydrogen) atoms. The van der Waals surface area contributed by atoms with Crippen molar-refractivity contribution < 1.29 is 13.9 Å². The minimum Gasteiger partial charge on any atom is -0.493 e. The van der Waals surface area contributed by atoms with E-state index in [-0.39, 0.29) is 5.56 Å². The third kappa shape index (κ3) is 2.36. The largest absolute Gasteiger partial charge is 0.493 e. The van der Waals surface area contributed by atoms with E-state index in [9.17, 15) is 4.39 Å². The molecular weight excluding hydrogens is 245 g/mol. The Balaban J connectivity index is 2.60. The second-order valence-corrected chi connectivity index (χ2v) is 3.84. The SMILES string of the molecule is COc1ccc(-c2cccc(F)c2C#N)cc1OC. The Labute approximate surface area is 110 Å². The fraction of sp³-hybridized carbons (Fsp3) is 0.133. The lowest BCUT2D eigenvalue weighted by Gasteiger charge is -2.10. The summed E-state index contributed by atoms with van der Waals surface area (Å²) in [7, 11) is 3.07. The van der Waals surface area contributed by atoms with E-state index in [4.69, 9.17) is 14.7 Å². The highest BCUT2D eigenvalue weighted by molar-refractivity contribution is 5.73. The van der Waals surface area contributed by atoms with E-state index >= 15 is 0 Å². The Bertz CT molecular complexity index is 647. The van der Waals surface area contributed by atoms with E-state index in [1.807, 2.05) is 6.07 Å². The molecule has 0 aliphatic rings. The monoisotopic (exact) mass is 257 g/mol. The number of ether oxygens (including phenoxy) is 2. The Morgan fingerprint density at radius 2 is 1.79 bits per heavy atom. The van der Waals surface area contributed by atoms with Crippen LogP contribution >= 0.6 is 0 Å². The lowest BCUT2D eigenvalue weighted by molar-refractivity contribution is 0.355. The van der Waals surface area contributed by atoms with Gasteiger partial charge in [-0.25, -0.2) is 4.39 Å². The van der Waals surface area contributed by atoms with Gasteiger partial charge in [0, 0.05) is 5.56 Å². The Morgan fingerprint density at radius 3 is 2.42 bits per heavy atom. The average Bonchev–Trinajstić information content (AvgIpc) is 2.46. The van der Waals surface area contributed by atoms with E-state index in [0.29, 0.717) is 22.6 Å². The molecule has 0 aliphatic carbocycles. The topological polar surface area (TPSA) is 42.2 Å². The highest BCUT2D eigenvalue weighted by atomic mass is 19.1. The number of nitriles is 1. The summed E-state index contributed by atoms with van der Waals surface area (Å²) in [4.78, 5) is 0. The molecular formula is C15H12FNO2. The summed E-state index contributed by atoms with van der Waals surface area (Å²) in [5.41, 5.74) is 1.26. The zero-order valence-electron chi connectivity index (χ0n) is 10.6. The van der Waals surface area contributed by atoms with Crippen LogP contribution in [0.25, 0.3) is 11.1 Å². The van der Waals surface area contributed by atoms with Gasteiger partial charge in [-0.1, -0.05) is 18.2 Å². The van der Waals surface area contributed by atoms with Gasteiger partial charge in [-0.3, -0.25) is 0 Å². The second kappa shape index (κ2) is 5.40. The molecule has 3 nitrogen and oxygen atoms in total. The lowest BCUT2D eigenvalue weighted by Crippen LogP contribution is -1.93. The molecule has 0 saturated heterocycles. The molecule has 0 bridgehead atoms. The maximum Gasteiger partial charge on any atom is 0.161 e. The van der Waals surface area contributed by atoms with E-state index < -0.39 is 5.82 Å². The molecule has 0 N–H and O–H groups in total. The zero-order chi connectivity index (χ0) is 13.8. The first-order chi connectivity index (χ1) is 9.21. The van der Waals surface area contributed by atoms with Crippen LogP contribution in [-0.4, -0.2) is 14.2 Å². The number of hydrogen-bond acceptors (Lipinski definition) is 3. The van der Waals surface area contributed by atoms with Crippen LogP contribution in [0.4, 0.5) is 4.39 Å². The molecule has 2 aromatic carbocycles. The Hall–Kier alpha value is -2.54. The number of hydrogen-bond donors (Lipinski definition) is 0. The van der Waals surface area contributed by atoms with Crippen LogP contribution in [-0.2, 0) is 0 Å². The van der Waals surface area contributed by atoms with Crippen LogP contribution in [0.5, 0.6) is 11.5 Å². The standard InChI is InChI=1S/C15H12FNO2/c1-18-14-7-6-10(8-15(14)19-2)11-4-3-5-13(16)12(11)9-17/h3-8H,1-2H3. The van der Waals surface area contributed by atoms with Crippen LogP contribution in [0.1, 0.15) is 5.56 Å². The molecule has 2 rings (SSSR count). The molecule has 2 aromatic rings. The summed E-state index contributed by atoms with van der Waals surface area (Å²) >= 11 is 0. The molecule has 0 heterocycles. The van der Waals surface area contributed by atoms with Gasteiger partial charge in [-0.05, 0) is 23.8 Å². The van der Waals surface area contributed by atoms with Gasteiger partial charge in [-0.15, -0.1) is 0 Å². The summed E-state index contributed by atoms with van der Waals surface area (Å²) in [6.45, 7) is 0. The fourth-order valence-corrected chi connectivity index (χ4v) is 1.88. The number of nitrogens with zero attached hydrogens (tertiary/aromatic N) is 1. The highest BCUT2D eigenvalue weighted by Crippen LogP contribution is 2.33. The molecule has 0 atom stereocenters. The zero-order valence-corrected chi connectivity index (χ0v) is 10.6. The normalized spacial score (nSPS) is 9.79. The lowest BCUT2D eigenvalue weighted by atomic mass is 9.99. The summed E-state index contributed by atoms with van der Waals surface area (Å²) in [5, 5.41) is 9.04. The minimum absolute atomic E-state index is 0.0229. The molecule has 0 fully saturated rings. The first kappa shape index (κ1) is 12.9. The number of methoxy groups -OCH3 is 2. The third-order valence-corrected chi connectivity index (χ3v) is 2.82. The molecule has 0 unspecified atom stereocenters. The fourth-order valence-electron chi connectivity index (χ4n) is 1.88. The highest BCUT2D eigenvalue weighted by Gasteiger charge is 2.12. The summed E-state index contributed by atoms with van der Waals surface area (Å²) in [6, 6.07) is 11.6. The molecule has 0 saturated carbocycles. The molecule has 0 aliphatic heterocycles. The van der Waals surface area contributed by atoms with Crippen LogP contribution in [0.15, 0.2) is 36.4 Å². The molecule has 4 heteroatoms. The Kier molecular flexibility index (Phi) is 3.67. The van der Waals surface area contributed by atoms with Crippen LogP contribution in [0.2, 0.25) is 0 Å². The van der Waals surface area contributed by atoms with Crippen molar-refractivity contribution in [3.8, 4) is 28.7 Å². The van der Waals surface area contributed by atoms with Crippen molar-refractivity contribution in [3.63, 3.8) is 0 Å². The molecule has 0 amide bonds. The van der Waals surface area contributed by atoms with Gasteiger partial charge in [0.2, 0.25) is 0 Å². The summed E-state index contributed by atoms with van der Waals surface area (Å²) in [5.74, 6) is 0.587. The van der Waals surface area contributed by atoms with Crippen LogP contribution < -0.4 is 9.47 Å². The predicted molar refractivity (Wildman–Crippen MR) is 69.7 cm³/mol.